The van der Waals surface area contributed by atoms with E-state index < -0.39 is 5.91 Å². The molecule has 0 atom stereocenters. The van der Waals surface area contributed by atoms with Crippen LogP contribution in [0.25, 0.3) is 0 Å². The maximum absolute atomic E-state index is 12.6. The highest BCUT2D eigenvalue weighted by atomic mass is 35.5. The number of hydrogen-bond acceptors (Lipinski definition) is 6. The van der Waals surface area contributed by atoms with E-state index in [9.17, 15) is 9.59 Å². The summed E-state index contributed by atoms with van der Waals surface area (Å²) in [5, 5.41) is 11.2. The summed E-state index contributed by atoms with van der Waals surface area (Å²) in [6.07, 6.45) is 2.15. The van der Waals surface area contributed by atoms with Crippen LogP contribution in [0.2, 0.25) is 5.02 Å². The molecule has 0 fully saturated rings. The molecule has 9 heteroatoms. The van der Waals surface area contributed by atoms with Crippen molar-refractivity contribution in [2.24, 2.45) is 5.10 Å². The summed E-state index contributed by atoms with van der Waals surface area (Å²) in [6.45, 7) is 3.53. The minimum atomic E-state index is -0.419. The van der Waals surface area contributed by atoms with Crippen molar-refractivity contribution >= 4 is 34.9 Å². The fraction of sp³-hybridized carbons (Fsp3) is 0.238. The number of halogens is 1. The zero-order valence-corrected chi connectivity index (χ0v) is 17.2. The van der Waals surface area contributed by atoms with Crippen molar-refractivity contribution in [3.63, 3.8) is 0 Å². The van der Waals surface area contributed by atoms with Gasteiger partial charge in [-0.25, -0.2) is 5.43 Å². The molecule has 2 amide bonds. The van der Waals surface area contributed by atoms with Gasteiger partial charge < -0.3 is 14.3 Å². The Balaban J connectivity index is 1.57. The third-order valence-corrected chi connectivity index (χ3v) is 5.02. The lowest BCUT2D eigenvalue weighted by Crippen LogP contribution is -2.22. The zero-order valence-electron chi connectivity index (χ0n) is 16.4. The molecule has 2 aromatic heterocycles. The quantitative estimate of drug-likeness (QED) is 0.605. The lowest BCUT2D eigenvalue weighted by atomic mass is 9.93. The van der Waals surface area contributed by atoms with Gasteiger partial charge in [0, 0.05) is 34.2 Å². The first-order valence-electron chi connectivity index (χ1n) is 9.42. The van der Waals surface area contributed by atoms with Crippen LogP contribution in [0, 0.1) is 13.8 Å². The SMILES string of the molecule is Cc1cc(NC(=O)c2oc3c(c2C)/C(=N/NC(=O)c2cccc(Cl)c2)CCC3)no1. The number of carbonyl (C=O) groups is 2. The second-order valence-electron chi connectivity index (χ2n) is 6.99. The maximum Gasteiger partial charge on any atom is 0.292 e. The smallest absolute Gasteiger partial charge is 0.292 e. The summed E-state index contributed by atoms with van der Waals surface area (Å²) < 4.78 is 10.8. The van der Waals surface area contributed by atoms with E-state index in [0.717, 1.165) is 12.0 Å². The van der Waals surface area contributed by atoms with Crippen molar-refractivity contribution in [3.05, 3.63) is 69.3 Å². The molecular weight excluding hydrogens is 408 g/mol. The number of hydrazone groups is 1. The van der Waals surface area contributed by atoms with Crippen molar-refractivity contribution in [2.45, 2.75) is 33.1 Å². The van der Waals surface area contributed by atoms with Crippen LogP contribution in [0.3, 0.4) is 0 Å². The van der Waals surface area contributed by atoms with Crippen molar-refractivity contribution in [1.29, 1.82) is 0 Å². The Morgan fingerprint density at radius 1 is 1.17 bits per heavy atom. The van der Waals surface area contributed by atoms with Crippen LogP contribution in [0.5, 0.6) is 0 Å². The highest BCUT2D eigenvalue weighted by Crippen LogP contribution is 2.30. The summed E-state index contributed by atoms with van der Waals surface area (Å²) in [5.74, 6) is 0.988. The average Bonchev–Trinajstić information content (AvgIpc) is 3.29. The molecule has 1 aliphatic carbocycles. The molecule has 0 radical (unpaired) electrons. The van der Waals surface area contributed by atoms with Gasteiger partial charge in [-0.1, -0.05) is 22.8 Å². The molecule has 4 rings (SSSR count). The van der Waals surface area contributed by atoms with Crippen LogP contribution in [-0.2, 0) is 6.42 Å². The monoisotopic (exact) mass is 426 g/mol. The van der Waals surface area contributed by atoms with Gasteiger partial charge in [-0.05, 0) is 44.9 Å². The third kappa shape index (κ3) is 3.99. The number of amides is 2. The highest BCUT2D eigenvalue weighted by molar-refractivity contribution is 6.31. The van der Waals surface area contributed by atoms with Gasteiger partial charge in [0.2, 0.25) is 0 Å². The summed E-state index contributed by atoms with van der Waals surface area (Å²) >= 11 is 5.94. The Hall–Kier alpha value is -3.39. The molecule has 30 heavy (non-hydrogen) atoms. The van der Waals surface area contributed by atoms with Gasteiger partial charge in [-0.2, -0.15) is 5.10 Å². The molecule has 154 valence electrons. The number of benzene rings is 1. The number of carbonyl (C=O) groups excluding carboxylic acids is 2. The van der Waals surface area contributed by atoms with Crippen LogP contribution in [-0.4, -0.2) is 22.7 Å². The topological polar surface area (TPSA) is 110 Å². The van der Waals surface area contributed by atoms with Gasteiger partial charge in [0.25, 0.3) is 11.8 Å². The number of nitrogens with zero attached hydrogens (tertiary/aromatic N) is 2. The van der Waals surface area contributed by atoms with E-state index in [2.05, 4.69) is 21.0 Å². The lowest BCUT2D eigenvalue weighted by molar-refractivity contribution is 0.0953. The second-order valence-corrected chi connectivity index (χ2v) is 7.43. The van der Waals surface area contributed by atoms with Crippen molar-refractivity contribution in [2.75, 3.05) is 5.32 Å². The Kier molecular flexibility index (Phi) is 5.41. The molecule has 1 aromatic carbocycles. The number of hydrogen-bond donors (Lipinski definition) is 2. The molecule has 0 spiro atoms. The fourth-order valence-electron chi connectivity index (χ4n) is 3.41. The number of aryl methyl sites for hydroxylation is 2. The Bertz CT molecular complexity index is 1160. The normalized spacial score (nSPS) is 14.4. The number of anilines is 1. The minimum Gasteiger partial charge on any atom is -0.455 e. The Morgan fingerprint density at radius 2 is 2.00 bits per heavy atom. The van der Waals surface area contributed by atoms with Crippen LogP contribution in [0.15, 0.2) is 44.4 Å². The maximum atomic E-state index is 12.6. The van der Waals surface area contributed by atoms with E-state index in [1.54, 1.807) is 44.2 Å². The number of aromatic nitrogens is 1. The van der Waals surface area contributed by atoms with Gasteiger partial charge in [-0.3, -0.25) is 9.59 Å². The molecule has 0 aliphatic heterocycles. The van der Waals surface area contributed by atoms with Crippen LogP contribution in [0.4, 0.5) is 5.82 Å². The van der Waals surface area contributed by atoms with E-state index in [-0.39, 0.29) is 11.7 Å². The van der Waals surface area contributed by atoms with Gasteiger partial charge >= 0.3 is 0 Å². The molecule has 8 nitrogen and oxygen atoms in total. The number of rotatable bonds is 4. The number of nitrogens with one attached hydrogen (secondary N) is 2. The number of furan rings is 1. The van der Waals surface area contributed by atoms with E-state index in [4.69, 9.17) is 20.5 Å². The predicted molar refractivity (Wildman–Crippen MR) is 111 cm³/mol. The summed E-state index contributed by atoms with van der Waals surface area (Å²) in [4.78, 5) is 25.0. The van der Waals surface area contributed by atoms with Crippen LogP contribution in [0.1, 0.15) is 56.4 Å². The Labute approximate surface area is 177 Å². The standard InChI is InChI=1S/C21H19ClN4O4/c1-11-9-17(26-30-11)23-21(28)19-12(2)18-15(7-4-8-16(18)29-19)24-25-20(27)13-5-3-6-14(22)10-13/h3,5-6,9-10H,4,7-8H2,1-2H3,(H,25,27)(H,23,26,28)/b24-15+. The molecule has 3 aromatic rings. The second kappa shape index (κ2) is 8.16. The van der Waals surface area contributed by atoms with Gasteiger partial charge in [0.05, 0.1) is 5.71 Å². The van der Waals surface area contributed by atoms with Gasteiger partial charge in [0.15, 0.2) is 11.6 Å². The van der Waals surface area contributed by atoms with Gasteiger partial charge in [-0.15, -0.1) is 0 Å². The molecule has 2 N–H and O–H groups in total. The van der Waals surface area contributed by atoms with E-state index in [1.807, 2.05) is 0 Å². The zero-order chi connectivity index (χ0) is 21.3. The molecule has 1 aliphatic rings. The summed E-state index contributed by atoms with van der Waals surface area (Å²) in [5.41, 5.74) is 5.08. The first-order valence-corrected chi connectivity index (χ1v) is 9.80. The summed E-state index contributed by atoms with van der Waals surface area (Å²) in [7, 11) is 0. The molecule has 0 bridgehead atoms. The van der Waals surface area contributed by atoms with Crippen molar-refractivity contribution < 1.29 is 18.5 Å². The first-order chi connectivity index (χ1) is 14.4. The highest BCUT2D eigenvalue weighted by Gasteiger charge is 2.28. The molecular formula is C21H19ClN4O4. The van der Waals surface area contributed by atoms with Crippen molar-refractivity contribution in [1.82, 2.24) is 10.6 Å². The predicted octanol–water partition coefficient (Wildman–Crippen LogP) is 4.26. The number of fused-ring (bicyclic) bond motifs is 1. The summed E-state index contributed by atoms with van der Waals surface area (Å²) in [6, 6.07) is 8.24. The van der Waals surface area contributed by atoms with Crippen LogP contribution < -0.4 is 10.7 Å². The molecule has 0 saturated heterocycles. The average molecular weight is 427 g/mol. The first kappa shape index (κ1) is 19.9. The lowest BCUT2D eigenvalue weighted by Gasteiger charge is -2.13. The molecule has 0 saturated carbocycles. The largest absolute Gasteiger partial charge is 0.455 e. The van der Waals surface area contributed by atoms with E-state index in [1.165, 1.54) is 0 Å². The van der Waals surface area contributed by atoms with E-state index in [0.29, 0.717) is 52.0 Å². The fourth-order valence-corrected chi connectivity index (χ4v) is 3.60. The van der Waals surface area contributed by atoms with Crippen molar-refractivity contribution in [3.8, 4) is 0 Å². The van der Waals surface area contributed by atoms with E-state index >= 15 is 0 Å². The van der Waals surface area contributed by atoms with Gasteiger partial charge in [0.1, 0.15) is 11.5 Å². The molecule has 2 heterocycles. The van der Waals surface area contributed by atoms with Crippen LogP contribution >= 0.6 is 11.6 Å². The third-order valence-electron chi connectivity index (χ3n) is 4.78. The molecule has 0 unspecified atom stereocenters. The Morgan fingerprint density at radius 3 is 2.73 bits per heavy atom. The minimum absolute atomic E-state index is 0.191.